The average molecular weight is 542 g/mol. The lowest BCUT2D eigenvalue weighted by molar-refractivity contribution is -0.127. The fraction of sp³-hybridized carbons (Fsp3) is 0.276. The van der Waals surface area contributed by atoms with Crippen LogP contribution in [0.4, 0.5) is 14.6 Å². The van der Waals surface area contributed by atoms with Crippen LogP contribution in [0.1, 0.15) is 25.7 Å². The van der Waals surface area contributed by atoms with Gasteiger partial charge in [0, 0.05) is 18.2 Å². The number of likely N-dealkylation sites (tertiary alicyclic amines) is 1. The molecule has 2 fully saturated rings. The van der Waals surface area contributed by atoms with Crippen LogP contribution in [0.2, 0.25) is 0 Å². The number of benzene rings is 2. The van der Waals surface area contributed by atoms with Crippen LogP contribution in [0.15, 0.2) is 60.4 Å². The Hall–Kier alpha value is -4.85. The van der Waals surface area contributed by atoms with Crippen LogP contribution in [-0.2, 0) is 11.3 Å². The lowest BCUT2D eigenvalue weighted by Gasteiger charge is -2.24. The number of halogens is 2. The summed E-state index contributed by atoms with van der Waals surface area (Å²) in [6.07, 6.45) is 6.79. The highest BCUT2D eigenvalue weighted by Gasteiger charge is 2.33. The first-order valence-electron chi connectivity index (χ1n) is 13.0. The predicted molar refractivity (Wildman–Crippen MR) is 143 cm³/mol. The van der Waals surface area contributed by atoms with Crippen molar-refractivity contribution in [3.63, 3.8) is 0 Å². The minimum Gasteiger partial charge on any atom is -0.454 e. The standard InChI is InChI=1S/C29H25F2N7O2/c30-20-7-10-23(31)24(13-20)40-22-8-5-18(6-9-22)26-25-27(33)34-16-35-28(25)38(36-26)15-21-2-1-11-37(21)29(39)19(14-32)12-17-3-4-17/h5-10,12-13,16-17,21H,1-4,11,15H2,(H2,33,34,35)/b19-12+/t21-/m1/s1. The van der Waals surface area contributed by atoms with E-state index < -0.39 is 11.6 Å². The summed E-state index contributed by atoms with van der Waals surface area (Å²) in [7, 11) is 0. The predicted octanol–water partition coefficient (Wildman–Crippen LogP) is 5.00. The van der Waals surface area contributed by atoms with E-state index in [0.29, 0.717) is 47.0 Å². The molecular formula is C29H25F2N7O2. The molecule has 2 aromatic heterocycles. The number of nitrogens with two attached hydrogens (primary N) is 1. The number of anilines is 1. The number of nitrogens with zero attached hydrogens (tertiary/aromatic N) is 6. The monoisotopic (exact) mass is 541 g/mol. The quantitative estimate of drug-likeness (QED) is 0.258. The van der Waals surface area contributed by atoms with Crippen molar-refractivity contribution in [3.05, 3.63) is 72.1 Å². The van der Waals surface area contributed by atoms with Gasteiger partial charge in [0.15, 0.2) is 17.2 Å². The molecule has 1 atom stereocenters. The van der Waals surface area contributed by atoms with Gasteiger partial charge in [0.2, 0.25) is 0 Å². The molecule has 0 radical (unpaired) electrons. The van der Waals surface area contributed by atoms with E-state index in [1.807, 2.05) is 0 Å². The SMILES string of the molecule is N#C/C(=C\C1CC1)C(=O)N1CCC[C@@H]1Cn1nc(-c2ccc(Oc3cc(F)ccc3F)cc2)c2c(N)ncnc21. The third kappa shape index (κ3) is 4.96. The van der Waals surface area contributed by atoms with Gasteiger partial charge in [0.25, 0.3) is 5.91 Å². The van der Waals surface area contributed by atoms with Crippen molar-refractivity contribution in [1.82, 2.24) is 24.6 Å². The summed E-state index contributed by atoms with van der Waals surface area (Å²) in [4.78, 5) is 23.5. The molecule has 0 unspecified atom stereocenters. The van der Waals surface area contributed by atoms with Gasteiger partial charge in [-0.05, 0) is 68.0 Å². The highest BCUT2D eigenvalue weighted by molar-refractivity contribution is 5.99. The first kappa shape index (κ1) is 25.4. The number of fused-ring (bicyclic) bond motifs is 1. The Labute approximate surface area is 228 Å². The minimum atomic E-state index is -0.676. The smallest absolute Gasteiger partial charge is 0.264 e. The molecule has 11 heteroatoms. The van der Waals surface area contributed by atoms with E-state index in [1.165, 1.54) is 6.33 Å². The number of hydrogen-bond donors (Lipinski definition) is 1. The number of amides is 1. The topological polar surface area (TPSA) is 123 Å². The normalized spacial score (nSPS) is 17.3. The summed E-state index contributed by atoms with van der Waals surface area (Å²) >= 11 is 0. The molecule has 1 amide bonds. The lowest BCUT2D eigenvalue weighted by Crippen LogP contribution is -2.39. The largest absolute Gasteiger partial charge is 0.454 e. The number of rotatable bonds is 7. The lowest BCUT2D eigenvalue weighted by atomic mass is 10.1. The van der Waals surface area contributed by atoms with E-state index in [-0.39, 0.29) is 29.1 Å². The maximum absolute atomic E-state index is 14.0. The number of aromatic nitrogens is 4. The summed E-state index contributed by atoms with van der Waals surface area (Å²) in [5.74, 6) is -0.854. The van der Waals surface area contributed by atoms with Crippen molar-refractivity contribution in [1.29, 1.82) is 5.26 Å². The van der Waals surface area contributed by atoms with Crippen molar-refractivity contribution >= 4 is 22.8 Å². The fourth-order valence-corrected chi connectivity index (χ4v) is 5.03. The van der Waals surface area contributed by atoms with E-state index in [9.17, 15) is 18.8 Å². The zero-order valence-electron chi connectivity index (χ0n) is 21.4. The number of nitriles is 1. The zero-order chi connectivity index (χ0) is 27.8. The van der Waals surface area contributed by atoms with Crippen LogP contribution in [0, 0.1) is 28.9 Å². The molecule has 0 spiro atoms. The second-order valence-electron chi connectivity index (χ2n) is 10.0. The van der Waals surface area contributed by atoms with Gasteiger partial charge in [-0.15, -0.1) is 0 Å². The van der Waals surface area contributed by atoms with Crippen molar-refractivity contribution in [2.45, 2.75) is 38.3 Å². The van der Waals surface area contributed by atoms with Gasteiger partial charge < -0.3 is 15.4 Å². The van der Waals surface area contributed by atoms with Crippen LogP contribution in [-0.4, -0.2) is 43.1 Å². The van der Waals surface area contributed by atoms with Gasteiger partial charge in [0.1, 0.15) is 41.0 Å². The van der Waals surface area contributed by atoms with Gasteiger partial charge >= 0.3 is 0 Å². The van der Waals surface area contributed by atoms with Gasteiger partial charge in [-0.2, -0.15) is 10.4 Å². The Morgan fingerprint density at radius 3 is 2.70 bits per heavy atom. The number of nitrogen functional groups attached to an aromatic ring is 1. The van der Waals surface area contributed by atoms with Gasteiger partial charge in [-0.1, -0.05) is 6.08 Å². The molecule has 2 N–H and O–H groups in total. The van der Waals surface area contributed by atoms with Gasteiger partial charge in [0.05, 0.1) is 18.0 Å². The Morgan fingerprint density at radius 1 is 1.15 bits per heavy atom. The number of carbonyl (C=O) groups excluding carboxylic acids is 1. The molecule has 1 saturated carbocycles. The number of hydrogen-bond acceptors (Lipinski definition) is 7. The van der Waals surface area contributed by atoms with Crippen LogP contribution < -0.4 is 10.5 Å². The molecule has 9 nitrogen and oxygen atoms in total. The maximum Gasteiger partial charge on any atom is 0.264 e. The average Bonchev–Trinajstić information content (AvgIpc) is 3.53. The van der Waals surface area contributed by atoms with Crippen LogP contribution >= 0.6 is 0 Å². The summed E-state index contributed by atoms with van der Waals surface area (Å²) in [5, 5.41) is 15.0. The molecule has 0 bridgehead atoms. The van der Waals surface area contributed by atoms with Crippen molar-refractivity contribution in [2.24, 2.45) is 5.92 Å². The molecule has 4 aromatic rings. The molecule has 3 heterocycles. The summed E-state index contributed by atoms with van der Waals surface area (Å²) < 4.78 is 34.8. The van der Waals surface area contributed by atoms with Crippen molar-refractivity contribution in [2.75, 3.05) is 12.3 Å². The van der Waals surface area contributed by atoms with E-state index in [0.717, 1.165) is 43.9 Å². The Bertz CT molecular complexity index is 1670. The van der Waals surface area contributed by atoms with E-state index >= 15 is 0 Å². The number of allylic oxidation sites excluding steroid dienone is 1. The second-order valence-corrected chi connectivity index (χ2v) is 10.0. The molecule has 6 rings (SSSR count). The van der Waals surface area contributed by atoms with Crippen LogP contribution in [0.25, 0.3) is 22.3 Å². The highest BCUT2D eigenvalue weighted by atomic mass is 19.1. The molecule has 1 aliphatic carbocycles. The summed E-state index contributed by atoms with van der Waals surface area (Å²) in [6.45, 7) is 0.949. The third-order valence-corrected chi connectivity index (χ3v) is 7.20. The Morgan fingerprint density at radius 2 is 1.95 bits per heavy atom. The van der Waals surface area contributed by atoms with E-state index in [2.05, 4.69) is 16.0 Å². The van der Waals surface area contributed by atoms with E-state index in [1.54, 1.807) is 39.9 Å². The fourth-order valence-electron chi connectivity index (χ4n) is 5.03. The highest BCUT2D eigenvalue weighted by Crippen LogP contribution is 2.34. The van der Waals surface area contributed by atoms with Crippen molar-refractivity contribution in [3.8, 4) is 28.8 Å². The van der Waals surface area contributed by atoms with Crippen LogP contribution in [0.3, 0.4) is 0 Å². The number of carbonyl (C=O) groups is 1. The molecule has 1 saturated heterocycles. The molecule has 2 aliphatic rings. The van der Waals surface area contributed by atoms with Gasteiger partial charge in [-0.3, -0.25) is 4.79 Å². The van der Waals surface area contributed by atoms with Gasteiger partial charge in [-0.25, -0.2) is 23.4 Å². The minimum absolute atomic E-state index is 0.160. The summed E-state index contributed by atoms with van der Waals surface area (Å²) in [6, 6.07) is 11.6. The van der Waals surface area contributed by atoms with Crippen LogP contribution in [0.5, 0.6) is 11.5 Å². The Balaban J connectivity index is 1.28. The first-order chi connectivity index (χ1) is 19.4. The molecule has 2 aromatic carbocycles. The summed E-state index contributed by atoms with van der Waals surface area (Å²) in [5.41, 5.74) is 8.21. The molecular weight excluding hydrogens is 516 g/mol. The Kier molecular flexibility index (Phi) is 6.59. The zero-order valence-corrected chi connectivity index (χ0v) is 21.4. The molecule has 202 valence electrons. The van der Waals surface area contributed by atoms with E-state index in [4.69, 9.17) is 15.6 Å². The molecule has 1 aliphatic heterocycles. The first-order valence-corrected chi connectivity index (χ1v) is 13.0. The third-order valence-electron chi connectivity index (χ3n) is 7.20. The second kappa shape index (κ2) is 10.4. The van der Waals surface area contributed by atoms with Crippen molar-refractivity contribution < 1.29 is 18.3 Å². The molecule has 40 heavy (non-hydrogen) atoms. The maximum atomic E-state index is 14.0. The number of ether oxygens (including phenoxy) is 1.